The summed E-state index contributed by atoms with van der Waals surface area (Å²) in [5, 5.41) is 12.0. The average molecular weight is 359 g/mol. The Labute approximate surface area is 155 Å². The van der Waals surface area contributed by atoms with Crippen molar-refractivity contribution in [2.24, 2.45) is 0 Å². The van der Waals surface area contributed by atoms with Gasteiger partial charge in [-0.1, -0.05) is 30.3 Å². The molecule has 1 atom stereocenters. The third kappa shape index (κ3) is 3.48. The minimum Gasteiger partial charge on any atom is -0.480 e. The maximum atomic E-state index is 12.1. The molecule has 0 amide bonds. The summed E-state index contributed by atoms with van der Waals surface area (Å²) in [5.41, 5.74) is 1.44. The van der Waals surface area contributed by atoms with Crippen molar-refractivity contribution >= 4 is 28.4 Å². The van der Waals surface area contributed by atoms with E-state index in [-0.39, 0.29) is 6.42 Å². The van der Waals surface area contributed by atoms with E-state index < -0.39 is 12.0 Å². The molecule has 0 saturated carbocycles. The molecular formula is C20H17N5O2. The standard InChI is InChI=1S/C20H17N5O2/c26-19(27)18(11-16-12-21-13-24-16)25(20-22-8-3-9-23-20)17-7-6-14-4-1-2-5-15(14)10-17/h1-10,12-13,18H,11H2,(H,21,24)(H,26,27). The van der Waals surface area contributed by atoms with Gasteiger partial charge in [0.2, 0.25) is 5.95 Å². The largest absolute Gasteiger partial charge is 0.480 e. The van der Waals surface area contributed by atoms with Crippen molar-refractivity contribution in [1.82, 2.24) is 19.9 Å². The van der Waals surface area contributed by atoms with Crippen LogP contribution in [0.4, 0.5) is 11.6 Å². The van der Waals surface area contributed by atoms with Crippen molar-refractivity contribution in [3.63, 3.8) is 0 Å². The first-order valence-corrected chi connectivity index (χ1v) is 8.47. The Balaban J connectivity index is 1.83. The number of fused-ring (bicyclic) bond motifs is 1. The van der Waals surface area contributed by atoms with Crippen molar-refractivity contribution < 1.29 is 9.90 Å². The highest BCUT2D eigenvalue weighted by Crippen LogP contribution is 2.29. The zero-order valence-corrected chi connectivity index (χ0v) is 14.4. The fourth-order valence-corrected chi connectivity index (χ4v) is 3.07. The number of carbonyl (C=O) groups is 1. The summed E-state index contributed by atoms with van der Waals surface area (Å²) in [6.07, 6.45) is 6.60. The number of nitrogens with one attached hydrogen (secondary N) is 1. The number of carboxylic acids is 1. The fraction of sp³-hybridized carbons (Fsp3) is 0.100. The van der Waals surface area contributed by atoms with E-state index in [1.54, 1.807) is 29.6 Å². The van der Waals surface area contributed by atoms with Crippen LogP contribution in [-0.2, 0) is 11.2 Å². The highest BCUT2D eigenvalue weighted by atomic mass is 16.4. The van der Waals surface area contributed by atoms with Gasteiger partial charge < -0.3 is 10.1 Å². The molecule has 0 aliphatic carbocycles. The Morgan fingerprint density at radius 1 is 1.07 bits per heavy atom. The van der Waals surface area contributed by atoms with Crippen LogP contribution in [0, 0.1) is 0 Å². The van der Waals surface area contributed by atoms with E-state index in [9.17, 15) is 9.90 Å². The maximum Gasteiger partial charge on any atom is 0.327 e. The van der Waals surface area contributed by atoms with Crippen LogP contribution in [0.1, 0.15) is 5.69 Å². The third-order valence-electron chi connectivity index (χ3n) is 4.34. The summed E-state index contributed by atoms with van der Waals surface area (Å²) in [5.74, 6) is -0.634. The lowest BCUT2D eigenvalue weighted by atomic mass is 10.1. The molecule has 0 aliphatic rings. The number of carboxylic acid groups (broad SMARTS) is 1. The molecule has 2 aromatic heterocycles. The van der Waals surface area contributed by atoms with Crippen LogP contribution in [0.5, 0.6) is 0 Å². The number of aromatic amines is 1. The molecule has 2 N–H and O–H groups in total. The molecule has 0 radical (unpaired) electrons. The van der Waals surface area contributed by atoms with Crippen LogP contribution in [0.2, 0.25) is 0 Å². The predicted octanol–water partition coefficient (Wildman–Crippen LogP) is 3.19. The van der Waals surface area contributed by atoms with E-state index in [0.29, 0.717) is 11.6 Å². The molecule has 7 heteroatoms. The summed E-state index contributed by atoms with van der Waals surface area (Å²) in [6, 6.07) is 14.6. The SMILES string of the molecule is O=C(O)C(Cc1cnc[nH]1)N(c1ccc2ccccc2c1)c1ncccn1. The molecule has 7 nitrogen and oxygen atoms in total. The first-order chi connectivity index (χ1) is 13.2. The van der Waals surface area contributed by atoms with Gasteiger partial charge in [-0.3, -0.25) is 4.90 Å². The molecule has 27 heavy (non-hydrogen) atoms. The summed E-state index contributed by atoms with van der Waals surface area (Å²) in [7, 11) is 0. The van der Waals surface area contributed by atoms with E-state index in [1.165, 1.54) is 6.33 Å². The number of hydrogen-bond acceptors (Lipinski definition) is 5. The second-order valence-electron chi connectivity index (χ2n) is 6.09. The van der Waals surface area contributed by atoms with Crippen LogP contribution in [0.25, 0.3) is 10.8 Å². The molecule has 4 aromatic rings. The van der Waals surface area contributed by atoms with Crippen molar-refractivity contribution in [1.29, 1.82) is 0 Å². The Bertz CT molecular complexity index is 1050. The first-order valence-electron chi connectivity index (χ1n) is 8.47. The van der Waals surface area contributed by atoms with Crippen LogP contribution >= 0.6 is 0 Å². The van der Waals surface area contributed by atoms with Gasteiger partial charge in [-0.15, -0.1) is 0 Å². The number of H-pyrrole nitrogens is 1. The molecule has 4 rings (SSSR count). The number of hydrogen-bond donors (Lipinski definition) is 2. The summed E-state index contributed by atoms with van der Waals surface area (Å²) >= 11 is 0. The van der Waals surface area contributed by atoms with Crippen molar-refractivity contribution in [2.75, 3.05) is 4.90 Å². The second-order valence-corrected chi connectivity index (χ2v) is 6.09. The van der Waals surface area contributed by atoms with Gasteiger partial charge in [0.1, 0.15) is 6.04 Å². The lowest BCUT2D eigenvalue weighted by Gasteiger charge is -2.29. The van der Waals surface area contributed by atoms with E-state index in [2.05, 4.69) is 19.9 Å². The Morgan fingerprint density at radius 2 is 1.85 bits per heavy atom. The number of aliphatic carboxylic acids is 1. The predicted molar refractivity (Wildman–Crippen MR) is 102 cm³/mol. The number of rotatable bonds is 6. The van der Waals surface area contributed by atoms with E-state index in [4.69, 9.17) is 0 Å². The van der Waals surface area contributed by atoms with Crippen LogP contribution in [0.15, 0.2) is 73.4 Å². The minimum atomic E-state index is -0.967. The van der Waals surface area contributed by atoms with Gasteiger partial charge in [0, 0.05) is 36.4 Å². The van der Waals surface area contributed by atoms with E-state index in [0.717, 1.165) is 16.5 Å². The van der Waals surface area contributed by atoms with Crippen LogP contribution in [-0.4, -0.2) is 37.1 Å². The monoisotopic (exact) mass is 359 g/mol. The Morgan fingerprint density at radius 3 is 2.56 bits per heavy atom. The lowest BCUT2D eigenvalue weighted by molar-refractivity contribution is -0.138. The van der Waals surface area contributed by atoms with Gasteiger partial charge >= 0.3 is 5.97 Å². The lowest BCUT2D eigenvalue weighted by Crippen LogP contribution is -2.40. The molecule has 0 spiro atoms. The highest BCUT2D eigenvalue weighted by Gasteiger charge is 2.30. The minimum absolute atomic E-state index is 0.237. The number of imidazole rings is 1. The molecule has 134 valence electrons. The molecule has 2 aromatic carbocycles. The van der Waals surface area contributed by atoms with Gasteiger partial charge in [0.15, 0.2) is 0 Å². The normalized spacial score (nSPS) is 12.0. The van der Waals surface area contributed by atoms with Gasteiger partial charge in [-0.05, 0) is 29.0 Å². The van der Waals surface area contributed by atoms with Crippen molar-refractivity contribution in [3.05, 3.63) is 79.1 Å². The van der Waals surface area contributed by atoms with E-state index >= 15 is 0 Å². The summed E-state index contributed by atoms with van der Waals surface area (Å²) in [6.45, 7) is 0. The average Bonchev–Trinajstić information content (AvgIpc) is 3.21. The van der Waals surface area contributed by atoms with E-state index in [1.807, 2.05) is 42.5 Å². The maximum absolute atomic E-state index is 12.1. The smallest absolute Gasteiger partial charge is 0.327 e. The topological polar surface area (TPSA) is 95.0 Å². The highest BCUT2D eigenvalue weighted by molar-refractivity contribution is 5.88. The summed E-state index contributed by atoms with van der Waals surface area (Å²) < 4.78 is 0. The second kappa shape index (κ2) is 7.25. The molecule has 0 saturated heterocycles. The fourth-order valence-electron chi connectivity index (χ4n) is 3.07. The first kappa shape index (κ1) is 16.7. The number of benzene rings is 2. The zero-order chi connectivity index (χ0) is 18.6. The third-order valence-corrected chi connectivity index (χ3v) is 4.34. The Hall–Kier alpha value is -3.74. The number of nitrogens with zero attached hydrogens (tertiary/aromatic N) is 4. The molecule has 0 aliphatic heterocycles. The summed E-state index contributed by atoms with van der Waals surface area (Å²) in [4.78, 5) is 29.3. The molecular weight excluding hydrogens is 342 g/mol. The zero-order valence-electron chi connectivity index (χ0n) is 14.4. The number of aromatic nitrogens is 4. The van der Waals surface area contributed by atoms with Gasteiger partial charge in [-0.25, -0.2) is 19.7 Å². The van der Waals surface area contributed by atoms with Crippen LogP contribution < -0.4 is 4.90 Å². The van der Waals surface area contributed by atoms with Gasteiger partial charge in [0.25, 0.3) is 0 Å². The number of anilines is 2. The molecule has 2 heterocycles. The Kier molecular flexibility index (Phi) is 4.49. The van der Waals surface area contributed by atoms with Gasteiger partial charge in [0.05, 0.1) is 6.33 Å². The molecule has 1 unspecified atom stereocenters. The van der Waals surface area contributed by atoms with Gasteiger partial charge in [-0.2, -0.15) is 0 Å². The quantitative estimate of drug-likeness (QED) is 0.549. The van der Waals surface area contributed by atoms with Crippen molar-refractivity contribution in [3.8, 4) is 0 Å². The van der Waals surface area contributed by atoms with Crippen molar-refractivity contribution in [2.45, 2.75) is 12.5 Å². The molecule has 0 bridgehead atoms. The molecule has 0 fully saturated rings. The van der Waals surface area contributed by atoms with Crippen LogP contribution in [0.3, 0.4) is 0 Å².